The Kier molecular flexibility index (Phi) is 6.74. The zero-order chi connectivity index (χ0) is 14.1. The van der Waals surface area contributed by atoms with E-state index in [1.54, 1.807) is 7.11 Å². The van der Waals surface area contributed by atoms with Gasteiger partial charge >= 0.3 is 6.03 Å². The molecule has 0 aliphatic rings. The summed E-state index contributed by atoms with van der Waals surface area (Å²) >= 11 is 0. The molecule has 1 aromatic rings. The first-order valence-electron chi connectivity index (χ1n) is 6.44. The van der Waals surface area contributed by atoms with Gasteiger partial charge in [0.1, 0.15) is 5.75 Å². The fourth-order valence-corrected chi connectivity index (χ4v) is 1.62. The first-order chi connectivity index (χ1) is 9.17. The van der Waals surface area contributed by atoms with Gasteiger partial charge in [0.05, 0.1) is 6.61 Å². The third-order valence-corrected chi connectivity index (χ3v) is 2.57. The van der Waals surface area contributed by atoms with Gasteiger partial charge in [-0.15, -0.1) is 0 Å². The van der Waals surface area contributed by atoms with Crippen LogP contribution >= 0.6 is 0 Å². The number of amides is 2. The number of hydrogen-bond donors (Lipinski definition) is 2. The van der Waals surface area contributed by atoms with Crippen LogP contribution in [0.5, 0.6) is 5.75 Å². The summed E-state index contributed by atoms with van der Waals surface area (Å²) in [6.07, 6.45) is 0.798. The highest BCUT2D eigenvalue weighted by atomic mass is 16.5. The second kappa shape index (κ2) is 8.37. The molecule has 19 heavy (non-hydrogen) atoms. The maximum atomic E-state index is 11.6. The molecular weight excluding hydrogens is 244 g/mol. The summed E-state index contributed by atoms with van der Waals surface area (Å²) in [5.74, 6) is 0.811. The summed E-state index contributed by atoms with van der Waals surface area (Å²) < 4.78 is 10.3. The Hall–Kier alpha value is -1.75. The normalized spacial score (nSPS) is 10.1. The minimum atomic E-state index is -0.205. The Morgan fingerprint density at radius 2 is 2.16 bits per heavy atom. The molecule has 0 fully saturated rings. The SMILES string of the molecule is CCOc1ccc(NC(=O)NCCCOC)c(C)c1. The van der Waals surface area contributed by atoms with Gasteiger partial charge in [0.25, 0.3) is 0 Å². The molecule has 1 rings (SSSR count). The predicted molar refractivity (Wildman–Crippen MR) is 75.9 cm³/mol. The Labute approximate surface area is 114 Å². The van der Waals surface area contributed by atoms with Crippen LogP contribution in [0.3, 0.4) is 0 Å². The summed E-state index contributed by atoms with van der Waals surface area (Å²) in [4.78, 5) is 11.6. The Balaban J connectivity index is 2.45. The van der Waals surface area contributed by atoms with Gasteiger partial charge in [-0.1, -0.05) is 0 Å². The van der Waals surface area contributed by atoms with Gasteiger partial charge < -0.3 is 20.1 Å². The van der Waals surface area contributed by atoms with Crippen molar-refractivity contribution in [3.8, 4) is 5.75 Å². The summed E-state index contributed by atoms with van der Waals surface area (Å²) in [5.41, 5.74) is 1.76. The zero-order valence-corrected chi connectivity index (χ0v) is 11.8. The van der Waals surface area contributed by atoms with Crippen LogP contribution < -0.4 is 15.4 Å². The van der Waals surface area contributed by atoms with E-state index >= 15 is 0 Å². The molecule has 0 heterocycles. The molecule has 0 radical (unpaired) electrons. The van der Waals surface area contributed by atoms with Gasteiger partial charge in [-0.2, -0.15) is 0 Å². The molecule has 1 aromatic carbocycles. The maximum Gasteiger partial charge on any atom is 0.319 e. The lowest BCUT2D eigenvalue weighted by Crippen LogP contribution is -2.30. The van der Waals surface area contributed by atoms with E-state index in [0.717, 1.165) is 23.4 Å². The average Bonchev–Trinajstić information content (AvgIpc) is 2.38. The fourth-order valence-electron chi connectivity index (χ4n) is 1.62. The molecular formula is C14H22N2O3. The number of anilines is 1. The maximum absolute atomic E-state index is 11.6. The number of nitrogens with one attached hydrogen (secondary N) is 2. The summed E-state index contributed by atoms with van der Waals surface area (Å²) in [7, 11) is 1.64. The molecule has 5 heteroatoms. The van der Waals surface area contributed by atoms with Crippen molar-refractivity contribution in [2.24, 2.45) is 0 Å². The molecule has 0 saturated carbocycles. The van der Waals surface area contributed by atoms with Crippen LogP contribution in [0.15, 0.2) is 18.2 Å². The molecule has 106 valence electrons. The van der Waals surface area contributed by atoms with E-state index in [1.807, 2.05) is 32.0 Å². The van der Waals surface area contributed by atoms with Crippen LogP contribution in [0.4, 0.5) is 10.5 Å². The number of rotatable bonds is 7. The Morgan fingerprint density at radius 1 is 1.37 bits per heavy atom. The largest absolute Gasteiger partial charge is 0.494 e. The monoisotopic (exact) mass is 266 g/mol. The smallest absolute Gasteiger partial charge is 0.319 e. The predicted octanol–water partition coefficient (Wildman–Crippen LogP) is 2.55. The van der Waals surface area contributed by atoms with Gasteiger partial charge in [0.15, 0.2) is 0 Å². The quantitative estimate of drug-likeness (QED) is 0.746. The molecule has 5 nitrogen and oxygen atoms in total. The fraction of sp³-hybridized carbons (Fsp3) is 0.500. The van der Waals surface area contributed by atoms with Gasteiger partial charge in [0, 0.05) is 25.9 Å². The van der Waals surface area contributed by atoms with Gasteiger partial charge in [-0.25, -0.2) is 4.79 Å². The van der Waals surface area contributed by atoms with E-state index in [-0.39, 0.29) is 6.03 Å². The van der Waals surface area contributed by atoms with Crippen molar-refractivity contribution in [1.29, 1.82) is 0 Å². The number of benzene rings is 1. The van der Waals surface area contributed by atoms with E-state index in [1.165, 1.54) is 0 Å². The molecule has 0 unspecified atom stereocenters. The number of ether oxygens (including phenoxy) is 2. The highest BCUT2D eigenvalue weighted by molar-refractivity contribution is 5.90. The minimum absolute atomic E-state index is 0.205. The lowest BCUT2D eigenvalue weighted by atomic mass is 10.2. The lowest BCUT2D eigenvalue weighted by molar-refractivity contribution is 0.194. The number of hydrogen-bond acceptors (Lipinski definition) is 3. The molecule has 0 aliphatic carbocycles. The van der Waals surface area contributed by atoms with Crippen molar-refractivity contribution in [3.63, 3.8) is 0 Å². The third-order valence-electron chi connectivity index (χ3n) is 2.57. The molecule has 0 aliphatic heterocycles. The van der Waals surface area contributed by atoms with Gasteiger partial charge in [-0.05, 0) is 44.0 Å². The molecule has 2 amide bonds. The molecule has 2 N–H and O–H groups in total. The number of aryl methyl sites for hydroxylation is 1. The topological polar surface area (TPSA) is 59.6 Å². The molecule has 0 atom stereocenters. The van der Waals surface area contributed by atoms with Crippen molar-refractivity contribution in [3.05, 3.63) is 23.8 Å². The second-order valence-electron chi connectivity index (χ2n) is 4.14. The van der Waals surface area contributed by atoms with Gasteiger partial charge in [0.2, 0.25) is 0 Å². The zero-order valence-electron chi connectivity index (χ0n) is 11.8. The van der Waals surface area contributed by atoms with Crippen LogP contribution in [0.25, 0.3) is 0 Å². The molecule has 0 spiro atoms. The van der Waals surface area contributed by atoms with E-state index in [2.05, 4.69) is 10.6 Å². The number of methoxy groups -OCH3 is 1. The van der Waals surface area contributed by atoms with Crippen molar-refractivity contribution in [2.45, 2.75) is 20.3 Å². The van der Waals surface area contributed by atoms with Crippen LogP contribution in [0.2, 0.25) is 0 Å². The summed E-state index contributed by atoms with van der Waals surface area (Å²) in [5, 5.41) is 5.58. The average molecular weight is 266 g/mol. The summed E-state index contributed by atoms with van der Waals surface area (Å²) in [6.45, 7) is 5.74. The van der Waals surface area contributed by atoms with E-state index in [0.29, 0.717) is 19.8 Å². The molecule has 0 saturated heterocycles. The van der Waals surface area contributed by atoms with Crippen molar-refractivity contribution < 1.29 is 14.3 Å². The minimum Gasteiger partial charge on any atom is -0.494 e. The lowest BCUT2D eigenvalue weighted by Gasteiger charge is -2.11. The Bertz CT molecular complexity index is 408. The third kappa shape index (κ3) is 5.61. The standard InChI is InChI=1S/C14H22N2O3/c1-4-19-12-6-7-13(11(2)10-12)16-14(17)15-8-5-9-18-3/h6-7,10H,4-5,8-9H2,1-3H3,(H2,15,16,17). The van der Waals surface area contributed by atoms with E-state index in [4.69, 9.17) is 9.47 Å². The molecule has 0 bridgehead atoms. The Morgan fingerprint density at radius 3 is 2.79 bits per heavy atom. The van der Waals surface area contributed by atoms with E-state index in [9.17, 15) is 4.79 Å². The highest BCUT2D eigenvalue weighted by Gasteiger charge is 2.05. The van der Waals surface area contributed by atoms with Gasteiger partial charge in [-0.3, -0.25) is 0 Å². The molecule has 0 aromatic heterocycles. The van der Waals surface area contributed by atoms with Crippen molar-refractivity contribution >= 4 is 11.7 Å². The van der Waals surface area contributed by atoms with E-state index < -0.39 is 0 Å². The first-order valence-corrected chi connectivity index (χ1v) is 6.44. The number of urea groups is 1. The van der Waals surface area contributed by atoms with Crippen molar-refractivity contribution in [2.75, 3.05) is 32.2 Å². The van der Waals surface area contributed by atoms with Crippen LogP contribution in [0, 0.1) is 6.92 Å². The van der Waals surface area contributed by atoms with Crippen LogP contribution in [-0.2, 0) is 4.74 Å². The second-order valence-corrected chi connectivity index (χ2v) is 4.14. The highest BCUT2D eigenvalue weighted by Crippen LogP contribution is 2.21. The number of carbonyl (C=O) groups is 1. The van der Waals surface area contributed by atoms with Crippen LogP contribution in [0.1, 0.15) is 18.9 Å². The van der Waals surface area contributed by atoms with Crippen LogP contribution in [-0.4, -0.2) is 32.9 Å². The van der Waals surface area contributed by atoms with Crippen molar-refractivity contribution in [1.82, 2.24) is 5.32 Å². The first kappa shape index (κ1) is 15.3. The summed E-state index contributed by atoms with van der Waals surface area (Å²) in [6, 6.07) is 5.39. The number of carbonyl (C=O) groups excluding carboxylic acids is 1.